The van der Waals surface area contributed by atoms with Crippen LogP contribution < -0.4 is 21.7 Å². The van der Waals surface area contributed by atoms with Crippen molar-refractivity contribution in [2.45, 2.75) is 19.4 Å². The number of hydrogen-bond acceptors (Lipinski definition) is 6. The van der Waals surface area contributed by atoms with E-state index in [0.29, 0.717) is 24.2 Å². The van der Waals surface area contributed by atoms with Gasteiger partial charge in [-0.05, 0) is 37.1 Å². The Balaban J connectivity index is 0.00000432. The van der Waals surface area contributed by atoms with Gasteiger partial charge in [-0.25, -0.2) is 4.79 Å². The maximum absolute atomic E-state index is 12.7. The molecule has 11 heteroatoms. The zero-order chi connectivity index (χ0) is 24.5. The van der Waals surface area contributed by atoms with E-state index in [2.05, 4.69) is 20.9 Å². The zero-order valence-corrected chi connectivity index (χ0v) is 20.0. The quantitative estimate of drug-likeness (QED) is 0.101. The molecule has 1 aromatic heterocycles. The Morgan fingerprint density at radius 2 is 1.89 bits per heavy atom. The Bertz CT molecular complexity index is 1200. The number of esters is 1. The monoisotopic (exact) mass is 500 g/mol. The summed E-state index contributed by atoms with van der Waals surface area (Å²) in [6.45, 7) is 1.82. The van der Waals surface area contributed by atoms with E-state index in [1.54, 1.807) is 31.2 Å². The first-order valence-corrected chi connectivity index (χ1v) is 10.9. The number of hydrogen-bond donors (Lipinski definition) is 6. The minimum absolute atomic E-state index is 0. The van der Waals surface area contributed by atoms with Gasteiger partial charge in [0.25, 0.3) is 5.91 Å². The standard InChI is InChI=1S/C24H28N6O4.ClH/c1-2-34-24(33)21(30-17-7-5-6-15(12-17)22(25)26)23(32)29-14-20(31)27-11-10-16-13-28-19-9-4-3-8-18(16)19;/h3-9,12-13,21,28,30H,2,10-11,14H2,1H3,(H3,25,26)(H,27,31)(H,29,32);1H. The van der Waals surface area contributed by atoms with Gasteiger partial charge in [-0.1, -0.05) is 30.3 Å². The van der Waals surface area contributed by atoms with Crippen molar-refractivity contribution < 1.29 is 19.1 Å². The van der Waals surface area contributed by atoms with Crippen LogP contribution in [0.1, 0.15) is 18.1 Å². The number of carbonyl (C=O) groups is 3. The number of rotatable bonds is 11. The molecule has 3 rings (SSSR count). The predicted octanol–water partition coefficient (Wildman–Crippen LogP) is 1.69. The van der Waals surface area contributed by atoms with E-state index in [1.165, 1.54) is 0 Å². The van der Waals surface area contributed by atoms with Crippen molar-refractivity contribution in [2.24, 2.45) is 5.73 Å². The topological polar surface area (TPSA) is 162 Å². The van der Waals surface area contributed by atoms with Crippen LogP contribution in [0.15, 0.2) is 54.7 Å². The second kappa shape index (κ2) is 13.0. The van der Waals surface area contributed by atoms with Gasteiger partial charge in [-0.15, -0.1) is 12.4 Å². The maximum atomic E-state index is 12.7. The van der Waals surface area contributed by atoms with Crippen molar-refractivity contribution in [3.8, 4) is 0 Å². The smallest absolute Gasteiger partial charge is 0.338 e. The Hall–Kier alpha value is -4.05. The number of nitrogens with one attached hydrogen (secondary N) is 5. The number of aromatic nitrogens is 1. The first kappa shape index (κ1) is 27.2. The lowest BCUT2D eigenvalue weighted by Gasteiger charge is -2.18. The number of nitrogens with two attached hydrogens (primary N) is 1. The number of ether oxygens (including phenoxy) is 1. The lowest BCUT2D eigenvalue weighted by molar-refractivity contribution is -0.147. The summed E-state index contributed by atoms with van der Waals surface area (Å²) in [7, 11) is 0. The Labute approximate surface area is 208 Å². The summed E-state index contributed by atoms with van der Waals surface area (Å²) >= 11 is 0. The van der Waals surface area contributed by atoms with E-state index < -0.39 is 17.9 Å². The molecule has 1 unspecified atom stereocenters. The Morgan fingerprint density at radius 3 is 2.63 bits per heavy atom. The highest BCUT2D eigenvalue weighted by molar-refractivity contribution is 6.05. The first-order chi connectivity index (χ1) is 16.4. The lowest BCUT2D eigenvalue weighted by Crippen LogP contribution is -2.48. The van der Waals surface area contributed by atoms with Gasteiger partial charge in [-0.2, -0.15) is 0 Å². The predicted molar refractivity (Wildman–Crippen MR) is 137 cm³/mol. The van der Waals surface area contributed by atoms with Crippen molar-refractivity contribution in [1.29, 1.82) is 5.41 Å². The van der Waals surface area contributed by atoms with Gasteiger partial charge in [-0.3, -0.25) is 15.0 Å². The highest BCUT2D eigenvalue weighted by atomic mass is 35.5. The molecule has 7 N–H and O–H groups in total. The summed E-state index contributed by atoms with van der Waals surface area (Å²) in [6.07, 6.45) is 2.54. The lowest BCUT2D eigenvalue weighted by atomic mass is 10.1. The summed E-state index contributed by atoms with van der Waals surface area (Å²) < 4.78 is 4.99. The van der Waals surface area contributed by atoms with Gasteiger partial charge in [0.15, 0.2) is 0 Å². The molecule has 0 saturated carbocycles. The summed E-state index contributed by atoms with van der Waals surface area (Å²) in [5.74, 6) is -2.02. The molecule has 0 bridgehead atoms. The van der Waals surface area contributed by atoms with Crippen LogP contribution in [0.4, 0.5) is 5.69 Å². The number of fused-ring (bicyclic) bond motifs is 1. The molecule has 0 spiro atoms. The van der Waals surface area contributed by atoms with Crippen molar-refractivity contribution in [3.63, 3.8) is 0 Å². The number of benzene rings is 2. The third kappa shape index (κ3) is 7.47. The molecule has 186 valence electrons. The van der Waals surface area contributed by atoms with Crippen molar-refractivity contribution in [2.75, 3.05) is 25.0 Å². The zero-order valence-electron chi connectivity index (χ0n) is 19.2. The molecular formula is C24H29ClN6O4. The molecule has 35 heavy (non-hydrogen) atoms. The molecule has 0 aliphatic heterocycles. The van der Waals surface area contributed by atoms with Crippen LogP contribution in [-0.2, 0) is 25.5 Å². The van der Waals surface area contributed by atoms with Crippen LogP contribution in [0.3, 0.4) is 0 Å². The summed E-state index contributed by atoms with van der Waals surface area (Å²) in [5.41, 5.74) is 8.45. The van der Waals surface area contributed by atoms with Gasteiger partial charge >= 0.3 is 5.97 Å². The number of H-pyrrole nitrogens is 1. The third-order valence-electron chi connectivity index (χ3n) is 5.08. The highest BCUT2D eigenvalue weighted by Gasteiger charge is 2.28. The number of amidine groups is 1. The maximum Gasteiger partial charge on any atom is 0.338 e. The normalized spacial score (nSPS) is 11.1. The molecule has 1 heterocycles. The van der Waals surface area contributed by atoms with Gasteiger partial charge < -0.3 is 31.4 Å². The second-order valence-corrected chi connectivity index (χ2v) is 7.50. The van der Waals surface area contributed by atoms with Crippen LogP contribution in [0.5, 0.6) is 0 Å². The number of aromatic amines is 1. The second-order valence-electron chi connectivity index (χ2n) is 7.50. The van der Waals surface area contributed by atoms with E-state index in [1.807, 2.05) is 30.5 Å². The largest absolute Gasteiger partial charge is 0.464 e. The van der Waals surface area contributed by atoms with Crippen molar-refractivity contribution >= 4 is 52.6 Å². The number of halogens is 1. The molecular weight excluding hydrogens is 472 g/mol. The van der Waals surface area contributed by atoms with Crippen LogP contribution in [-0.4, -0.2) is 54.3 Å². The van der Waals surface area contributed by atoms with E-state index in [4.69, 9.17) is 15.9 Å². The SMILES string of the molecule is CCOC(=O)C(Nc1cccc(C(=N)N)c1)C(=O)NCC(=O)NCCc1c[nH]c2ccccc12.Cl. The summed E-state index contributed by atoms with van der Waals surface area (Å²) in [4.78, 5) is 40.4. The van der Waals surface area contributed by atoms with Crippen molar-refractivity contribution in [1.82, 2.24) is 15.6 Å². The minimum atomic E-state index is -1.37. The number of para-hydroxylation sites is 1. The number of nitrogen functional groups attached to an aromatic ring is 1. The Kier molecular flexibility index (Phi) is 10.1. The minimum Gasteiger partial charge on any atom is -0.464 e. The van der Waals surface area contributed by atoms with Crippen LogP contribution in [0, 0.1) is 5.41 Å². The van der Waals surface area contributed by atoms with Crippen LogP contribution >= 0.6 is 12.4 Å². The molecule has 10 nitrogen and oxygen atoms in total. The van der Waals surface area contributed by atoms with Crippen LogP contribution in [0.2, 0.25) is 0 Å². The van der Waals surface area contributed by atoms with Gasteiger partial charge in [0.1, 0.15) is 5.84 Å². The van der Waals surface area contributed by atoms with E-state index >= 15 is 0 Å². The van der Waals surface area contributed by atoms with Crippen LogP contribution in [0.25, 0.3) is 10.9 Å². The number of anilines is 1. The molecule has 1 atom stereocenters. The molecule has 0 fully saturated rings. The molecule has 0 aliphatic carbocycles. The van der Waals surface area contributed by atoms with Crippen molar-refractivity contribution in [3.05, 3.63) is 65.9 Å². The average molecular weight is 501 g/mol. The molecule has 2 aromatic carbocycles. The van der Waals surface area contributed by atoms with Gasteiger partial charge in [0, 0.05) is 34.9 Å². The Morgan fingerprint density at radius 1 is 1.11 bits per heavy atom. The highest BCUT2D eigenvalue weighted by Crippen LogP contribution is 2.17. The number of carbonyl (C=O) groups excluding carboxylic acids is 3. The molecule has 0 radical (unpaired) electrons. The van der Waals surface area contributed by atoms with E-state index in [-0.39, 0.29) is 37.3 Å². The molecule has 0 saturated heterocycles. The average Bonchev–Trinajstić information content (AvgIpc) is 3.24. The van der Waals surface area contributed by atoms with Gasteiger partial charge in [0.2, 0.25) is 11.9 Å². The molecule has 2 amide bonds. The number of amides is 2. The third-order valence-corrected chi connectivity index (χ3v) is 5.08. The van der Waals surface area contributed by atoms with Gasteiger partial charge in [0.05, 0.1) is 13.2 Å². The first-order valence-electron chi connectivity index (χ1n) is 10.9. The van der Waals surface area contributed by atoms with E-state index in [0.717, 1.165) is 16.5 Å². The summed E-state index contributed by atoms with van der Waals surface area (Å²) in [5, 5.41) is 16.7. The molecule has 0 aliphatic rings. The summed E-state index contributed by atoms with van der Waals surface area (Å²) in [6, 6.07) is 13.0. The van der Waals surface area contributed by atoms with E-state index in [9.17, 15) is 14.4 Å². The molecule has 3 aromatic rings. The fraction of sp³-hybridized carbons (Fsp3) is 0.250. The fourth-order valence-corrected chi connectivity index (χ4v) is 3.41. The fourth-order valence-electron chi connectivity index (χ4n) is 3.41.